The highest BCUT2D eigenvalue weighted by atomic mass is 28.4. The van der Waals surface area contributed by atoms with Crippen molar-refractivity contribution in [2.75, 3.05) is 7.11 Å². The van der Waals surface area contributed by atoms with Crippen LogP contribution in [0.3, 0.4) is 0 Å². The van der Waals surface area contributed by atoms with Gasteiger partial charge in [-0.2, -0.15) is 0 Å². The molecule has 1 rings (SSSR count). The van der Waals surface area contributed by atoms with Gasteiger partial charge in [0.2, 0.25) is 0 Å². The van der Waals surface area contributed by atoms with Gasteiger partial charge in [-0.3, -0.25) is 0 Å². The van der Waals surface area contributed by atoms with Crippen molar-refractivity contribution in [1.82, 2.24) is 0 Å². The van der Waals surface area contributed by atoms with Crippen LogP contribution < -0.4 is 0 Å². The second-order valence-electron chi connectivity index (χ2n) is 4.28. The lowest BCUT2D eigenvalue weighted by Gasteiger charge is -2.25. The molecule has 1 unspecified atom stereocenters. The van der Waals surface area contributed by atoms with Gasteiger partial charge < -0.3 is 8.85 Å². The molecule has 0 aromatic heterocycles. The lowest BCUT2D eigenvalue weighted by atomic mass is 10.1. The van der Waals surface area contributed by atoms with Crippen molar-refractivity contribution in [1.29, 1.82) is 0 Å². The maximum absolute atomic E-state index is 6.02. The predicted molar refractivity (Wildman–Crippen MR) is 75.0 cm³/mol. The van der Waals surface area contributed by atoms with Gasteiger partial charge in [0.1, 0.15) is 0 Å². The van der Waals surface area contributed by atoms with E-state index in [2.05, 4.69) is 32.2 Å². The molecule has 2 nitrogen and oxygen atoms in total. The molecule has 0 saturated heterocycles. The molecular weight excluding hydrogens is 228 g/mol. The molecule has 0 aliphatic heterocycles. The molecule has 3 heteroatoms. The van der Waals surface area contributed by atoms with Crippen LogP contribution >= 0.6 is 0 Å². The molecule has 1 atom stereocenters. The molecule has 0 heterocycles. The minimum atomic E-state index is -1.98. The summed E-state index contributed by atoms with van der Waals surface area (Å²) < 4.78 is 11.6. The van der Waals surface area contributed by atoms with E-state index in [0.29, 0.717) is 6.61 Å². The van der Waals surface area contributed by atoms with E-state index in [1.165, 1.54) is 5.56 Å². The summed E-state index contributed by atoms with van der Waals surface area (Å²) in [4.78, 5) is 0. The van der Waals surface area contributed by atoms with Gasteiger partial charge in [-0.1, -0.05) is 50.3 Å². The van der Waals surface area contributed by atoms with E-state index in [1.54, 1.807) is 7.11 Å². The third-order valence-corrected chi connectivity index (χ3v) is 5.97. The summed E-state index contributed by atoms with van der Waals surface area (Å²) in [6, 6.07) is 9.20. The molecule has 0 aliphatic carbocycles. The van der Waals surface area contributed by atoms with E-state index in [1.807, 2.05) is 18.2 Å². The standard InChI is InChI=1S/C14H22O2Si/c1-5-11-17(4,15-3)16-12-14-10-8-7-9-13(14)6-2/h6-10H,2,5,11-12H2,1,3-4H3. The monoisotopic (exact) mass is 250 g/mol. The first kappa shape index (κ1) is 14.2. The quantitative estimate of drug-likeness (QED) is 0.682. The topological polar surface area (TPSA) is 18.5 Å². The van der Waals surface area contributed by atoms with Crippen molar-refractivity contribution in [3.05, 3.63) is 42.0 Å². The van der Waals surface area contributed by atoms with Gasteiger partial charge >= 0.3 is 8.56 Å². The summed E-state index contributed by atoms with van der Waals surface area (Å²) in [6.07, 6.45) is 2.96. The Hall–Kier alpha value is -0.903. The van der Waals surface area contributed by atoms with Crippen molar-refractivity contribution < 1.29 is 8.85 Å². The average Bonchev–Trinajstić information content (AvgIpc) is 2.37. The molecule has 1 aromatic rings. The molecule has 94 valence electrons. The van der Waals surface area contributed by atoms with Gasteiger partial charge in [0.25, 0.3) is 0 Å². The fourth-order valence-corrected chi connectivity index (χ4v) is 3.62. The Morgan fingerprint density at radius 1 is 1.35 bits per heavy atom. The second kappa shape index (κ2) is 6.74. The number of rotatable bonds is 7. The number of hydrogen-bond donors (Lipinski definition) is 0. The third kappa shape index (κ3) is 4.11. The van der Waals surface area contributed by atoms with E-state index in [0.717, 1.165) is 18.0 Å². The maximum atomic E-state index is 6.02. The Balaban J connectivity index is 2.68. The van der Waals surface area contributed by atoms with Crippen molar-refractivity contribution in [2.45, 2.75) is 32.5 Å². The highest BCUT2D eigenvalue weighted by molar-refractivity contribution is 6.65. The first-order valence-corrected chi connectivity index (χ1v) is 8.57. The van der Waals surface area contributed by atoms with Crippen molar-refractivity contribution in [3.63, 3.8) is 0 Å². The van der Waals surface area contributed by atoms with E-state index < -0.39 is 8.56 Å². The van der Waals surface area contributed by atoms with Gasteiger partial charge in [0, 0.05) is 7.11 Å². The lowest BCUT2D eigenvalue weighted by molar-refractivity contribution is 0.195. The molecule has 0 spiro atoms. The molecule has 0 amide bonds. The molecule has 17 heavy (non-hydrogen) atoms. The Labute approximate surface area is 106 Å². The third-order valence-electron chi connectivity index (χ3n) is 2.94. The van der Waals surface area contributed by atoms with E-state index in [-0.39, 0.29) is 0 Å². The van der Waals surface area contributed by atoms with Gasteiger partial charge in [-0.25, -0.2) is 0 Å². The molecule has 0 radical (unpaired) electrons. The Kier molecular flexibility index (Phi) is 5.61. The van der Waals surface area contributed by atoms with Crippen LogP contribution in [0.25, 0.3) is 6.08 Å². The van der Waals surface area contributed by atoms with Gasteiger partial charge in [-0.05, 0) is 23.7 Å². The van der Waals surface area contributed by atoms with Gasteiger partial charge in [-0.15, -0.1) is 0 Å². The van der Waals surface area contributed by atoms with Crippen LogP contribution in [-0.4, -0.2) is 15.7 Å². The van der Waals surface area contributed by atoms with Crippen LogP contribution in [0.15, 0.2) is 30.8 Å². The molecule has 0 saturated carbocycles. The normalized spacial score (nSPS) is 14.3. The first-order valence-electron chi connectivity index (χ1n) is 6.04. The van der Waals surface area contributed by atoms with Gasteiger partial charge in [0.05, 0.1) is 6.61 Å². The molecule has 1 aromatic carbocycles. The lowest BCUT2D eigenvalue weighted by Crippen LogP contribution is -2.36. The predicted octanol–water partition coefficient (Wildman–Crippen LogP) is 3.97. The largest absolute Gasteiger partial charge is 0.398 e. The summed E-state index contributed by atoms with van der Waals surface area (Å²) in [7, 11) is -0.225. The maximum Gasteiger partial charge on any atom is 0.334 e. The summed E-state index contributed by atoms with van der Waals surface area (Å²) in [5, 5.41) is 0. The molecule has 0 bridgehead atoms. The smallest absolute Gasteiger partial charge is 0.334 e. The Bertz CT molecular complexity index is 365. The minimum absolute atomic E-state index is 0.610. The fraction of sp³-hybridized carbons (Fsp3) is 0.429. The van der Waals surface area contributed by atoms with Crippen molar-refractivity contribution >= 4 is 14.6 Å². The van der Waals surface area contributed by atoms with Crippen LogP contribution in [0.4, 0.5) is 0 Å². The zero-order valence-electron chi connectivity index (χ0n) is 11.0. The Morgan fingerprint density at radius 2 is 2.06 bits per heavy atom. The van der Waals surface area contributed by atoms with Crippen LogP contribution in [0.5, 0.6) is 0 Å². The van der Waals surface area contributed by atoms with E-state index in [4.69, 9.17) is 8.85 Å². The van der Waals surface area contributed by atoms with Crippen LogP contribution in [0.2, 0.25) is 12.6 Å². The van der Waals surface area contributed by atoms with Crippen molar-refractivity contribution in [3.8, 4) is 0 Å². The summed E-state index contributed by atoms with van der Waals surface area (Å²) in [5.41, 5.74) is 2.31. The number of benzene rings is 1. The van der Waals surface area contributed by atoms with Gasteiger partial charge in [0.15, 0.2) is 0 Å². The highest BCUT2D eigenvalue weighted by Gasteiger charge is 2.28. The molecule has 0 aliphatic rings. The second-order valence-corrected chi connectivity index (χ2v) is 7.74. The average molecular weight is 250 g/mol. The Morgan fingerprint density at radius 3 is 2.65 bits per heavy atom. The zero-order valence-corrected chi connectivity index (χ0v) is 12.0. The van der Waals surface area contributed by atoms with E-state index in [9.17, 15) is 0 Å². The van der Waals surface area contributed by atoms with Crippen molar-refractivity contribution in [2.24, 2.45) is 0 Å². The van der Waals surface area contributed by atoms with E-state index >= 15 is 0 Å². The van der Waals surface area contributed by atoms with Crippen LogP contribution in [0, 0.1) is 0 Å². The van der Waals surface area contributed by atoms with Crippen LogP contribution in [-0.2, 0) is 15.5 Å². The molecule has 0 N–H and O–H groups in total. The minimum Gasteiger partial charge on any atom is -0.398 e. The summed E-state index contributed by atoms with van der Waals surface area (Å²) in [6.45, 7) is 8.70. The first-order chi connectivity index (χ1) is 8.15. The zero-order chi connectivity index (χ0) is 12.7. The SMILES string of the molecule is C=Cc1ccccc1CO[Si](C)(CCC)OC. The summed E-state index contributed by atoms with van der Waals surface area (Å²) >= 11 is 0. The number of hydrogen-bond acceptors (Lipinski definition) is 2. The molecular formula is C14H22O2Si. The molecule has 0 fully saturated rings. The highest BCUT2D eigenvalue weighted by Crippen LogP contribution is 2.19. The van der Waals surface area contributed by atoms with Crippen LogP contribution in [0.1, 0.15) is 24.5 Å². The summed E-state index contributed by atoms with van der Waals surface area (Å²) in [5.74, 6) is 0. The fourth-order valence-electron chi connectivity index (χ4n) is 1.78.